The van der Waals surface area contributed by atoms with E-state index in [2.05, 4.69) is 20.9 Å². The minimum absolute atomic E-state index is 0.00171. The largest absolute Gasteiger partial charge is 0.417 e. The van der Waals surface area contributed by atoms with E-state index in [1.807, 2.05) is 18.2 Å². The summed E-state index contributed by atoms with van der Waals surface area (Å²) in [5, 5.41) is 9.27. The van der Waals surface area contributed by atoms with E-state index in [9.17, 15) is 18.8 Å². The fraction of sp³-hybridized carbons (Fsp3) is 0.290. The molecule has 0 saturated carbocycles. The van der Waals surface area contributed by atoms with Gasteiger partial charge in [0.15, 0.2) is 10.9 Å². The number of thiophene rings is 1. The summed E-state index contributed by atoms with van der Waals surface area (Å²) in [6.07, 6.45) is 4.95. The van der Waals surface area contributed by atoms with Crippen molar-refractivity contribution in [2.75, 3.05) is 30.8 Å². The molecule has 2 aromatic heterocycles. The van der Waals surface area contributed by atoms with Crippen molar-refractivity contribution in [3.63, 3.8) is 0 Å². The van der Waals surface area contributed by atoms with E-state index < -0.39 is 18.0 Å². The predicted octanol–water partition coefficient (Wildman–Crippen LogP) is 4.98. The van der Waals surface area contributed by atoms with Crippen LogP contribution in [-0.4, -0.2) is 46.6 Å². The molecule has 2 aliphatic rings. The Balaban J connectivity index is 1.19. The number of amides is 2. The Morgan fingerprint density at radius 1 is 1.09 bits per heavy atom. The van der Waals surface area contributed by atoms with Gasteiger partial charge < -0.3 is 24.8 Å². The number of hydrogen-bond donors (Lipinski definition) is 3. The van der Waals surface area contributed by atoms with Crippen LogP contribution >= 0.6 is 11.3 Å². The van der Waals surface area contributed by atoms with Gasteiger partial charge >= 0.3 is 6.09 Å². The lowest BCUT2D eigenvalue weighted by Crippen LogP contribution is -2.48. The van der Waals surface area contributed by atoms with Crippen molar-refractivity contribution in [1.29, 1.82) is 0 Å². The van der Waals surface area contributed by atoms with Crippen molar-refractivity contribution in [2.45, 2.75) is 31.7 Å². The lowest BCUT2D eigenvalue weighted by molar-refractivity contribution is -0.134. The second-order valence-electron chi connectivity index (χ2n) is 10.7. The molecule has 1 aliphatic heterocycles. The second-order valence-corrected chi connectivity index (χ2v) is 11.8. The monoisotopic (exact) mass is 602 g/mol. The minimum atomic E-state index is -0.786. The molecule has 2 aromatic carbocycles. The summed E-state index contributed by atoms with van der Waals surface area (Å²) in [5.41, 5.74) is 3.09. The molecule has 3 N–H and O–H groups in total. The summed E-state index contributed by atoms with van der Waals surface area (Å²) in [6, 6.07) is 12.9. The average molecular weight is 603 g/mol. The number of aryl methyl sites for hydroxylation is 3. The van der Waals surface area contributed by atoms with E-state index in [-0.39, 0.29) is 23.0 Å². The Hall–Kier alpha value is -4.55. The van der Waals surface area contributed by atoms with Gasteiger partial charge in [0.25, 0.3) is 5.56 Å². The highest BCUT2D eigenvalue weighted by Gasteiger charge is 2.27. The van der Waals surface area contributed by atoms with Crippen LogP contribution in [0, 0.1) is 5.82 Å². The zero-order valence-electron chi connectivity index (χ0n) is 23.8. The molecule has 0 radical (unpaired) electrons. The van der Waals surface area contributed by atoms with Gasteiger partial charge in [0.1, 0.15) is 11.9 Å². The van der Waals surface area contributed by atoms with Gasteiger partial charge in [-0.15, -0.1) is 11.3 Å². The number of benzene rings is 2. The first-order valence-electron chi connectivity index (χ1n) is 14.1. The van der Waals surface area contributed by atoms with Crippen LogP contribution in [0.4, 0.5) is 26.4 Å². The van der Waals surface area contributed by atoms with Gasteiger partial charge in [0, 0.05) is 49.5 Å². The molecule has 1 unspecified atom stereocenters. The van der Waals surface area contributed by atoms with E-state index in [1.54, 1.807) is 37.3 Å². The first kappa shape index (κ1) is 28.6. The van der Waals surface area contributed by atoms with Crippen LogP contribution in [0.25, 0.3) is 11.3 Å². The number of carbonyl (C=O) groups excluding carboxylic acids is 2. The molecule has 3 heterocycles. The maximum atomic E-state index is 14.7. The number of piperazine rings is 1. The molecule has 12 heteroatoms. The molecule has 6 rings (SSSR count). The molecule has 222 valence electrons. The van der Waals surface area contributed by atoms with Crippen molar-refractivity contribution in [2.24, 2.45) is 7.05 Å². The minimum Gasteiger partial charge on any atom is -0.399 e. The normalized spacial score (nSPS) is 16.5. The van der Waals surface area contributed by atoms with Gasteiger partial charge in [-0.3, -0.25) is 14.9 Å². The van der Waals surface area contributed by atoms with Crippen LogP contribution in [-0.2, 0) is 24.7 Å². The van der Waals surface area contributed by atoms with E-state index >= 15 is 0 Å². The van der Waals surface area contributed by atoms with Gasteiger partial charge in [-0.25, -0.2) is 14.2 Å². The number of anilines is 3. The van der Waals surface area contributed by atoms with Gasteiger partial charge in [-0.1, -0.05) is 12.1 Å². The first-order chi connectivity index (χ1) is 20.7. The van der Waals surface area contributed by atoms with E-state index in [4.69, 9.17) is 4.74 Å². The predicted molar refractivity (Wildman–Crippen MR) is 164 cm³/mol. The highest BCUT2D eigenvalue weighted by molar-refractivity contribution is 7.14. The topological polar surface area (TPSA) is 118 Å². The third-order valence-electron chi connectivity index (χ3n) is 7.66. The SMILES string of the molecule is CN1CCNC(c2ccc(Nc3nc(-c4ccc(F)c(NC(=O)Oc5cc6c(s5)CCCC6)c4)cn(C)c3=O)cc2)C1=O. The molecule has 4 aromatic rings. The summed E-state index contributed by atoms with van der Waals surface area (Å²) in [6.45, 7) is 1.37. The number of likely N-dealkylation sites (N-methyl/N-ethyl adjacent to an activating group) is 1. The molecule has 0 bridgehead atoms. The second kappa shape index (κ2) is 12.0. The van der Waals surface area contributed by atoms with Crippen LogP contribution in [0.1, 0.15) is 34.9 Å². The third-order valence-corrected chi connectivity index (χ3v) is 8.78. The van der Waals surface area contributed by atoms with E-state index in [1.165, 1.54) is 44.5 Å². The fourth-order valence-electron chi connectivity index (χ4n) is 5.30. The van der Waals surface area contributed by atoms with Crippen LogP contribution in [0.2, 0.25) is 0 Å². The van der Waals surface area contributed by atoms with Crippen LogP contribution < -0.4 is 26.2 Å². The summed E-state index contributed by atoms with van der Waals surface area (Å²) in [4.78, 5) is 45.5. The number of rotatable bonds is 6. The Morgan fingerprint density at radius 3 is 2.67 bits per heavy atom. The Bertz CT molecular complexity index is 1730. The summed E-state index contributed by atoms with van der Waals surface area (Å²) >= 11 is 1.45. The summed E-state index contributed by atoms with van der Waals surface area (Å²) in [7, 11) is 3.38. The quantitative estimate of drug-likeness (QED) is 0.285. The molecular weight excluding hydrogens is 571 g/mol. The standard InChI is InChI=1S/C31H31FN6O4S/c1-37-14-13-33-27(29(37)39)18-7-10-21(11-8-18)34-28-30(40)38(2)17-24(35-28)19-9-12-22(32)23(15-19)36-31(41)42-26-16-20-5-3-4-6-25(20)43-26/h7-12,15-17,27,33H,3-6,13-14H2,1-2H3,(H,34,35)(H,36,41). The van der Waals surface area contributed by atoms with Gasteiger partial charge in [-0.2, -0.15) is 0 Å². The Kier molecular flexibility index (Phi) is 7.96. The first-order valence-corrected chi connectivity index (χ1v) is 14.9. The molecule has 2 amide bonds. The Morgan fingerprint density at radius 2 is 1.88 bits per heavy atom. The lowest BCUT2D eigenvalue weighted by atomic mass is 10.00. The van der Waals surface area contributed by atoms with Crippen molar-refractivity contribution < 1.29 is 18.7 Å². The maximum absolute atomic E-state index is 14.7. The highest BCUT2D eigenvalue weighted by Crippen LogP contribution is 2.35. The highest BCUT2D eigenvalue weighted by atomic mass is 32.1. The number of nitrogens with zero attached hydrogens (tertiary/aromatic N) is 3. The number of nitrogens with one attached hydrogen (secondary N) is 3. The van der Waals surface area contributed by atoms with Gasteiger partial charge in [0.05, 0.1) is 11.4 Å². The Labute approximate surface area is 251 Å². The molecule has 10 nitrogen and oxygen atoms in total. The molecule has 43 heavy (non-hydrogen) atoms. The smallest absolute Gasteiger partial charge is 0.399 e. The third kappa shape index (κ3) is 6.15. The van der Waals surface area contributed by atoms with E-state index in [0.29, 0.717) is 35.1 Å². The van der Waals surface area contributed by atoms with Crippen molar-refractivity contribution in [3.8, 4) is 16.3 Å². The van der Waals surface area contributed by atoms with Crippen molar-refractivity contribution in [1.82, 2.24) is 19.8 Å². The molecule has 1 atom stereocenters. The molecule has 1 saturated heterocycles. The van der Waals surface area contributed by atoms with Crippen LogP contribution in [0.5, 0.6) is 5.06 Å². The maximum Gasteiger partial charge on any atom is 0.417 e. The zero-order valence-corrected chi connectivity index (χ0v) is 24.6. The number of aromatic nitrogens is 2. The molecule has 0 spiro atoms. The van der Waals surface area contributed by atoms with Crippen LogP contribution in [0.3, 0.4) is 0 Å². The summed E-state index contributed by atoms with van der Waals surface area (Å²) in [5.74, 6) is -0.562. The van der Waals surface area contributed by atoms with Gasteiger partial charge in [0.2, 0.25) is 5.91 Å². The average Bonchev–Trinajstić information content (AvgIpc) is 3.40. The number of halogens is 1. The van der Waals surface area contributed by atoms with Crippen molar-refractivity contribution in [3.05, 3.63) is 86.9 Å². The number of hydrogen-bond acceptors (Lipinski definition) is 8. The van der Waals surface area contributed by atoms with Crippen molar-refractivity contribution >= 4 is 40.5 Å². The zero-order chi connectivity index (χ0) is 30.1. The molecule has 1 fully saturated rings. The molecule has 1 aliphatic carbocycles. The molecular formula is C31H31FN6O4S. The van der Waals surface area contributed by atoms with Crippen LogP contribution in [0.15, 0.2) is 59.5 Å². The number of fused-ring (bicyclic) bond motifs is 1. The summed E-state index contributed by atoms with van der Waals surface area (Å²) < 4.78 is 21.5. The van der Waals surface area contributed by atoms with E-state index in [0.717, 1.165) is 31.2 Å². The number of ether oxygens (including phenoxy) is 1. The lowest BCUT2D eigenvalue weighted by Gasteiger charge is -2.30. The number of carbonyl (C=O) groups is 2. The van der Waals surface area contributed by atoms with Gasteiger partial charge in [-0.05, 0) is 73.2 Å². The fourth-order valence-corrected chi connectivity index (χ4v) is 6.40.